The van der Waals surface area contributed by atoms with Crippen molar-refractivity contribution in [2.75, 3.05) is 0 Å². The highest BCUT2D eigenvalue weighted by Crippen LogP contribution is 2.38. The number of fused-ring (bicyclic) bond motifs is 1. The summed E-state index contributed by atoms with van der Waals surface area (Å²) in [5.41, 5.74) is 9.85. The first-order valence-electron chi connectivity index (χ1n) is 9.35. The Morgan fingerprint density at radius 2 is 1.81 bits per heavy atom. The molecule has 0 atom stereocenters. The van der Waals surface area contributed by atoms with Crippen LogP contribution in [0.2, 0.25) is 10.0 Å². The lowest BCUT2D eigenvalue weighted by atomic mass is 9.74. The van der Waals surface area contributed by atoms with Gasteiger partial charge >= 0.3 is 0 Å². The third-order valence-electron chi connectivity index (χ3n) is 5.60. The Morgan fingerprint density at radius 1 is 1.04 bits per heavy atom. The van der Waals surface area contributed by atoms with Crippen LogP contribution in [0, 0.1) is 0 Å². The summed E-state index contributed by atoms with van der Waals surface area (Å²) in [7, 11) is 0. The van der Waals surface area contributed by atoms with Crippen LogP contribution in [0.1, 0.15) is 36.8 Å². The summed E-state index contributed by atoms with van der Waals surface area (Å²) in [6, 6.07) is 16.4. The second kappa shape index (κ2) is 7.76. The van der Waals surface area contributed by atoms with Crippen LogP contribution in [0.4, 0.5) is 0 Å². The summed E-state index contributed by atoms with van der Waals surface area (Å²) >= 11 is 12.2. The predicted molar refractivity (Wildman–Crippen MR) is 113 cm³/mol. The summed E-state index contributed by atoms with van der Waals surface area (Å²) < 4.78 is 0. The molecule has 1 aliphatic carbocycles. The van der Waals surface area contributed by atoms with E-state index in [4.69, 9.17) is 28.9 Å². The molecule has 0 unspecified atom stereocenters. The summed E-state index contributed by atoms with van der Waals surface area (Å²) in [4.78, 5) is 4.45. The molecule has 27 heavy (non-hydrogen) atoms. The molecule has 0 aliphatic heterocycles. The second-order valence-corrected chi connectivity index (χ2v) is 8.33. The van der Waals surface area contributed by atoms with Crippen molar-refractivity contribution in [1.29, 1.82) is 0 Å². The number of aromatic nitrogens is 1. The second-order valence-electron chi connectivity index (χ2n) is 7.46. The zero-order valence-electron chi connectivity index (χ0n) is 15.1. The first-order valence-corrected chi connectivity index (χ1v) is 10.1. The van der Waals surface area contributed by atoms with E-state index in [0.29, 0.717) is 11.1 Å². The van der Waals surface area contributed by atoms with Crippen molar-refractivity contribution < 1.29 is 0 Å². The van der Waals surface area contributed by atoms with Gasteiger partial charge in [0, 0.05) is 39.8 Å². The van der Waals surface area contributed by atoms with E-state index in [0.717, 1.165) is 48.2 Å². The first kappa shape index (κ1) is 18.7. The van der Waals surface area contributed by atoms with Gasteiger partial charge in [0.25, 0.3) is 0 Å². The van der Waals surface area contributed by atoms with Crippen molar-refractivity contribution in [3.63, 3.8) is 0 Å². The zero-order chi connectivity index (χ0) is 18.9. The summed E-state index contributed by atoms with van der Waals surface area (Å²) in [5, 5.41) is 6.24. The minimum atomic E-state index is -0.316. The van der Waals surface area contributed by atoms with Gasteiger partial charge in [-0.3, -0.25) is 4.98 Å². The maximum absolute atomic E-state index is 6.87. The molecule has 4 rings (SSSR count). The number of hydrogen-bond acceptors (Lipinski definition) is 3. The van der Waals surface area contributed by atoms with Gasteiger partial charge in [-0.15, -0.1) is 0 Å². The van der Waals surface area contributed by atoms with E-state index in [2.05, 4.69) is 22.4 Å². The van der Waals surface area contributed by atoms with Gasteiger partial charge in [-0.05, 0) is 67.1 Å². The summed E-state index contributed by atoms with van der Waals surface area (Å²) in [6.45, 7) is 0.833. The van der Waals surface area contributed by atoms with Crippen molar-refractivity contribution in [1.82, 2.24) is 10.3 Å². The standard InChI is InChI=1S/C22H23Cl2N3/c23-16-3-1-2-15(12-16)14-27-18-6-9-22(25,10-7-18)20-8-11-26-21-13-17(24)4-5-19(20)21/h1-5,8,11-13,18,27H,6-7,9-10,14,25H2. The molecule has 1 aliphatic rings. The highest BCUT2D eigenvalue weighted by Gasteiger charge is 2.34. The van der Waals surface area contributed by atoms with Crippen LogP contribution >= 0.6 is 23.2 Å². The number of nitrogens with two attached hydrogens (primary N) is 1. The highest BCUT2D eigenvalue weighted by molar-refractivity contribution is 6.31. The first-order chi connectivity index (χ1) is 13.0. The summed E-state index contributed by atoms with van der Waals surface area (Å²) in [6.07, 6.45) is 5.83. The molecule has 0 spiro atoms. The molecule has 0 amide bonds. The fraction of sp³-hybridized carbons (Fsp3) is 0.318. The topological polar surface area (TPSA) is 50.9 Å². The van der Waals surface area contributed by atoms with E-state index in [1.807, 2.05) is 42.6 Å². The number of hydrogen-bond donors (Lipinski definition) is 2. The number of rotatable bonds is 4. The van der Waals surface area contributed by atoms with Crippen LogP contribution in [0.3, 0.4) is 0 Å². The lowest BCUT2D eigenvalue weighted by molar-refractivity contribution is 0.252. The molecule has 0 bridgehead atoms. The molecule has 1 fully saturated rings. The monoisotopic (exact) mass is 399 g/mol. The van der Waals surface area contributed by atoms with E-state index >= 15 is 0 Å². The number of halogens is 2. The maximum Gasteiger partial charge on any atom is 0.0720 e. The Labute approximate surface area is 169 Å². The molecule has 5 heteroatoms. The van der Waals surface area contributed by atoms with E-state index in [1.54, 1.807) is 0 Å². The SMILES string of the molecule is NC1(c2ccnc3cc(Cl)ccc23)CCC(NCc2cccc(Cl)c2)CC1. The van der Waals surface area contributed by atoms with E-state index < -0.39 is 0 Å². The van der Waals surface area contributed by atoms with E-state index in [1.165, 1.54) is 11.1 Å². The highest BCUT2D eigenvalue weighted by atomic mass is 35.5. The Bertz CT molecular complexity index is 949. The number of nitrogens with one attached hydrogen (secondary N) is 1. The van der Waals surface area contributed by atoms with Crippen molar-refractivity contribution in [2.45, 2.75) is 43.8 Å². The van der Waals surface area contributed by atoms with Crippen LogP contribution in [0.15, 0.2) is 54.7 Å². The zero-order valence-corrected chi connectivity index (χ0v) is 16.6. The molecule has 0 radical (unpaired) electrons. The third kappa shape index (κ3) is 4.12. The molecule has 3 N–H and O–H groups in total. The molecular formula is C22H23Cl2N3. The fourth-order valence-electron chi connectivity index (χ4n) is 4.07. The van der Waals surface area contributed by atoms with Gasteiger partial charge < -0.3 is 11.1 Å². The van der Waals surface area contributed by atoms with Crippen LogP contribution in [0.25, 0.3) is 10.9 Å². The van der Waals surface area contributed by atoms with Crippen LogP contribution in [0.5, 0.6) is 0 Å². The minimum absolute atomic E-state index is 0.316. The van der Waals surface area contributed by atoms with Crippen LogP contribution in [-0.4, -0.2) is 11.0 Å². The molecule has 140 valence electrons. The largest absolute Gasteiger partial charge is 0.321 e. The molecule has 1 heterocycles. The van der Waals surface area contributed by atoms with Crippen molar-refractivity contribution in [3.8, 4) is 0 Å². The summed E-state index contributed by atoms with van der Waals surface area (Å²) in [5.74, 6) is 0. The molecule has 1 aromatic heterocycles. The van der Waals surface area contributed by atoms with E-state index in [-0.39, 0.29) is 5.54 Å². The smallest absolute Gasteiger partial charge is 0.0720 e. The van der Waals surface area contributed by atoms with Gasteiger partial charge in [-0.1, -0.05) is 41.4 Å². The Kier molecular flexibility index (Phi) is 5.38. The molecular weight excluding hydrogens is 377 g/mol. The average molecular weight is 400 g/mol. The molecule has 3 aromatic rings. The van der Waals surface area contributed by atoms with Gasteiger partial charge in [0.1, 0.15) is 0 Å². The van der Waals surface area contributed by atoms with Gasteiger partial charge in [0.15, 0.2) is 0 Å². The van der Waals surface area contributed by atoms with Gasteiger partial charge in [-0.2, -0.15) is 0 Å². The van der Waals surface area contributed by atoms with Crippen molar-refractivity contribution in [3.05, 3.63) is 75.9 Å². The maximum atomic E-state index is 6.87. The van der Waals surface area contributed by atoms with E-state index in [9.17, 15) is 0 Å². The van der Waals surface area contributed by atoms with Gasteiger partial charge in [0.05, 0.1) is 5.52 Å². The number of nitrogens with zero attached hydrogens (tertiary/aromatic N) is 1. The van der Waals surface area contributed by atoms with Crippen LogP contribution < -0.4 is 11.1 Å². The van der Waals surface area contributed by atoms with Crippen molar-refractivity contribution in [2.24, 2.45) is 5.73 Å². The molecule has 1 saturated carbocycles. The quantitative estimate of drug-likeness (QED) is 0.614. The lowest BCUT2D eigenvalue weighted by Crippen LogP contribution is -2.45. The molecule has 2 aromatic carbocycles. The molecule has 3 nitrogen and oxygen atoms in total. The lowest BCUT2D eigenvalue weighted by Gasteiger charge is -2.38. The fourth-order valence-corrected chi connectivity index (χ4v) is 4.45. The number of benzene rings is 2. The Balaban J connectivity index is 1.45. The Morgan fingerprint density at radius 3 is 2.59 bits per heavy atom. The minimum Gasteiger partial charge on any atom is -0.321 e. The normalized spacial score (nSPS) is 22.9. The number of pyridine rings is 1. The average Bonchev–Trinajstić information content (AvgIpc) is 2.67. The third-order valence-corrected chi connectivity index (χ3v) is 6.07. The van der Waals surface area contributed by atoms with Crippen LogP contribution in [-0.2, 0) is 12.1 Å². The van der Waals surface area contributed by atoms with Crippen molar-refractivity contribution >= 4 is 34.1 Å². The molecule has 0 saturated heterocycles. The predicted octanol–water partition coefficient (Wildman–Crippen LogP) is 5.43. The van der Waals surface area contributed by atoms with Gasteiger partial charge in [-0.25, -0.2) is 0 Å². The van der Waals surface area contributed by atoms with Gasteiger partial charge in [0.2, 0.25) is 0 Å². The Hall–Kier alpha value is -1.65.